The second kappa shape index (κ2) is 5.19. The number of hydrogen-bond acceptors (Lipinski definition) is 3. The smallest absolute Gasteiger partial charge is 0.191 e. The summed E-state index contributed by atoms with van der Waals surface area (Å²) in [5.41, 5.74) is 1.45. The van der Waals surface area contributed by atoms with E-state index in [1.54, 1.807) is 0 Å². The fraction of sp³-hybridized carbons (Fsp3) is 0.500. The molecule has 0 radical (unpaired) electrons. The molecule has 2 rings (SSSR count). The van der Waals surface area contributed by atoms with E-state index in [9.17, 15) is 0 Å². The summed E-state index contributed by atoms with van der Waals surface area (Å²) in [5.74, 6) is 0.886. The maximum absolute atomic E-state index is 5.88. The molecule has 1 aliphatic rings. The van der Waals surface area contributed by atoms with Crippen molar-refractivity contribution in [1.29, 1.82) is 0 Å². The summed E-state index contributed by atoms with van der Waals surface area (Å²) in [4.78, 5) is 4.53. The lowest BCUT2D eigenvalue weighted by molar-refractivity contribution is 0.357. The molecule has 98 valence electrons. The van der Waals surface area contributed by atoms with Crippen LogP contribution in [-0.2, 0) is 0 Å². The molecule has 1 aromatic carbocycles. The highest BCUT2D eigenvalue weighted by Crippen LogP contribution is 2.18. The summed E-state index contributed by atoms with van der Waals surface area (Å²) in [6.07, 6.45) is 0. The molecule has 0 spiro atoms. The zero-order valence-corrected chi connectivity index (χ0v) is 11.9. The van der Waals surface area contributed by atoms with Crippen molar-refractivity contribution in [2.45, 2.75) is 26.8 Å². The largest absolute Gasteiger partial charge is 0.356 e. The molecule has 18 heavy (non-hydrogen) atoms. The first kappa shape index (κ1) is 13.2. The minimum absolute atomic E-state index is 0.217. The van der Waals surface area contributed by atoms with Crippen LogP contribution in [-0.4, -0.2) is 19.0 Å². The van der Waals surface area contributed by atoms with Crippen LogP contribution in [0.4, 0.5) is 0 Å². The van der Waals surface area contributed by atoms with Crippen molar-refractivity contribution in [2.24, 2.45) is 10.4 Å². The van der Waals surface area contributed by atoms with Crippen LogP contribution in [0.3, 0.4) is 0 Å². The number of aliphatic imine (C=N–C) groups is 1. The number of benzene rings is 1. The zero-order valence-electron chi connectivity index (χ0n) is 11.1. The van der Waals surface area contributed by atoms with Gasteiger partial charge in [-0.05, 0) is 24.6 Å². The van der Waals surface area contributed by atoms with Gasteiger partial charge in [-0.1, -0.05) is 37.6 Å². The number of halogens is 1. The Kier molecular flexibility index (Phi) is 3.81. The molecule has 0 saturated heterocycles. The number of rotatable bonds is 2. The molecular formula is C14H20ClN3. The average molecular weight is 266 g/mol. The van der Waals surface area contributed by atoms with Crippen LogP contribution in [0.15, 0.2) is 29.3 Å². The van der Waals surface area contributed by atoms with E-state index in [-0.39, 0.29) is 11.5 Å². The predicted molar refractivity (Wildman–Crippen MR) is 77.1 cm³/mol. The van der Waals surface area contributed by atoms with E-state index in [4.69, 9.17) is 11.6 Å². The Balaban J connectivity index is 1.98. The van der Waals surface area contributed by atoms with Crippen molar-refractivity contribution in [2.75, 3.05) is 13.1 Å². The minimum atomic E-state index is 0.217. The Hall–Kier alpha value is -1.22. The molecule has 3 nitrogen and oxygen atoms in total. The number of nitrogens with one attached hydrogen (secondary N) is 2. The molecule has 0 bridgehead atoms. The second-order valence-corrected chi connectivity index (χ2v) is 6.04. The van der Waals surface area contributed by atoms with Crippen LogP contribution in [0.1, 0.15) is 32.4 Å². The average Bonchev–Trinajstić information content (AvgIpc) is 2.33. The first-order chi connectivity index (χ1) is 8.46. The van der Waals surface area contributed by atoms with Gasteiger partial charge in [-0.2, -0.15) is 0 Å². The summed E-state index contributed by atoms with van der Waals surface area (Å²) in [5, 5.41) is 7.49. The maximum Gasteiger partial charge on any atom is 0.191 e. The zero-order chi connectivity index (χ0) is 13.2. The van der Waals surface area contributed by atoms with Gasteiger partial charge in [0.2, 0.25) is 0 Å². The van der Waals surface area contributed by atoms with Crippen molar-refractivity contribution in [3.63, 3.8) is 0 Å². The molecule has 2 N–H and O–H groups in total. The van der Waals surface area contributed by atoms with Gasteiger partial charge in [0.15, 0.2) is 5.96 Å². The standard InChI is InChI=1S/C14H20ClN3/c1-10(11-4-6-12(15)7-5-11)18-13-16-8-14(2,3)9-17-13/h4-7,10H,8-9H2,1-3H3,(H2,16,17,18). The Labute approximate surface area is 114 Å². The monoisotopic (exact) mass is 265 g/mol. The lowest BCUT2D eigenvalue weighted by Gasteiger charge is -2.30. The van der Waals surface area contributed by atoms with Gasteiger partial charge in [0.05, 0.1) is 6.04 Å². The van der Waals surface area contributed by atoms with Gasteiger partial charge in [0.1, 0.15) is 0 Å². The molecule has 1 atom stereocenters. The lowest BCUT2D eigenvalue weighted by Crippen LogP contribution is -2.47. The van der Waals surface area contributed by atoms with Crippen molar-refractivity contribution >= 4 is 17.6 Å². The van der Waals surface area contributed by atoms with Gasteiger partial charge in [0, 0.05) is 23.5 Å². The Morgan fingerprint density at radius 2 is 2.00 bits per heavy atom. The van der Waals surface area contributed by atoms with Gasteiger partial charge >= 0.3 is 0 Å². The highest BCUT2D eigenvalue weighted by atomic mass is 35.5. The van der Waals surface area contributed by atoms with Crippen molar-refractivity contribution < 1.29 is 0 Å². The molecule has 0 saturated carbocycles. The van der Waals surface area contributed by atoms with Gasteiger partial charge in [-0.15, -0.1) is 0 Å². The molecule has 0 aliphatic carbocycles. The van der Waals surface area contributed by atoms with E-state index in [2.05, 4.69) is 36.4 Å². The summed E-state index contributed by atoms with van der Waals surface area (Å²) < 4.78 is 0. The third-order valence-corrected chi connectivity index (χ3v) is 3.37. The maximum atomic E-state index is 5.88. The summed E-state index contributed by atoms with van der Waals surface area (Å²) >= 11 is 5.88. The molecule has 0 amide bonds. The fourth-order valence-corrected chi connectivity index (χ4v) is 1.99. The van der Waals surface area contributed by atoms with E-state index in [0.29, 0.717) is 0 Å². The molecule has 0 aromatic heterocycles. The highest BCUT2D eigenvalue weighted by molar-refractivity contribution is 6.30. The molecule has 1 aromatic rings. The summed E-state index contributed by atoms with van der Waals surface area (Å²) in [7, 11) is 0. The van der Waals surface area contributed by atoms with Crippen molar-refractivity contribution in [1.82, 2.24) is 10.6 Å². The normalized spacial score (nSPS) is 19.7. The molecular weight excluding hydrogens is 246 g/mol. The minimum Gasteiger partial charge on any atom is -0.356 e. The molecule has 0 fully saturated rings. The van der Waals surface area contributed by atoms with Crippen LogP contribution in [0.25, 0.3) is 0 Å². The quantitative estimate of drug-likeness (QED) is 0.863. The third kappa shape index (κ3) is 3.39. The fourth-order valence-electron chi connectivity index (χ4n) is 1.86. The number of nitrogens with zero attached hydrogens (tertiary/aromatic N) is 1. The topological polar surface area (TPSA) is 36.4 Å². The van der Waals surface area contributed by atoms with Gasteiger partial charge in [-0.25, -0.2) is 0 Å². The Morgan fingerprint density at radius 3 is 2.56 bits per heavy atom. The van der Waals surface area contributed by atoms with Crippen LogP contribution >= 0.6 is 11.6 Å². The Morgan fingerprint density at radius 1 is 1.33 bits per heavy atom. The van der Waals surface area contributed by atoms with E-state index >= 15 is 0 Å². The van der Waals surface area contributed by atoms with Crippen molar-refractivity contribution in [3.05, 3.63) is 34.9 Å². The number of guanidine groups is 1. The van der Waals surface area contributed by atoms with Crippen LogP contribution in [0, 0.1) is 5.41 Å². The Bertz CT molecular complexity index is 437. The number of hydrogen-bond donors (Lipinski definition) is 2. The molecule has 1 heterocycles. The molecule has 1 unspecified atom stereocenters. The molecule has 1 aliphatic heterocycles. The third-order valence-electron chi connectivity index (χ3n) is 3.12. The SMILES string of the molecule is CC(NC1=NCC(C)(C)CN1)c1ccc(Cl)cc1. The van der Waals surface area contributed by atoms with Gasteiger partial charge < -0.3 is 10.6 Å². The van der Waals surface area contributed by atoms with Crippen LogP contribution in [0.2, 0.25) is 5.02 Å². The first-order valence-electron chi connectivity index (χ1n) is 6.27. The highest BCUT2D eigenvalue weighted by Gasteiger charge is 2.22. The van der Waals surface area contributed by atoms with E-state index < -0.39 is 0 Å². The summed E-state index contributed by atoms with van der Waals surface area (Å²) in [6.45, 7) is 8.35. The first-order valence-corrected chi connectivity index (χ1v) is 6.64. The van der Waals surface area contributed by atoms with Crippen LogP contribution in [0.5, 0.6) is 0 Å². The molecule has 4 heteroatoms. The van der Waals surface area contributed by atoms with E-state index in [1.165, 1.54) is 5.56 Å². The van der Waals surface area contributed by atoms with Crippen LogP contribution < -0.4 is 10.6 Å². The summed E-state index contributed by atoms with van der Waals surface area (Å²) in [6, 6.07) is 8.11. The van der Waals surface area contributed by atoms with E-state index in [0.717, 1.165) is 24.1 Å². The van der Waals surface area contributed by atoms with Crippen molar-refractivity contribution in [3.8, 4) is 0 Å². The van der Waals surface area contributed by atoms with Gasteiger partial charge in [-0.3, -0.25) is 4.99 Å². The predicted octanol–water partition coefficient (Wildman–Crippen LogP) is 2.98. The lowest BCUT2D eigenvalue weighted by atomic mass is 9.93. The van der Waals surface area contributed by atoms with Gasteiger partial charge in [0.25, 0.3) is 0 Å². The second-order valence-electron chi connectivity index (χ2n) is 5.60. The van der Waals surface area contributed by atoms with E-state index in [1.807, 2.05) is 24.3 Å².